The first-order valence-corrected chi connectivity index (χ1v) is 7.42. The van der Waals surface area contributed by atoms with Crippen LogP contribution in [0.1, 0.15) is 17.7 Å². The van der Waals surface area contributed by atoms with Crippen molar-refractivity contribution < 1.29 is 5.21 Å². The van der Waals surface area contributed by atoms with Crippen LogP contribution in [-0.2, 0) is 19.5 Å². The van der Waals surface area contributed by atoms with E-state index in [-0.39, 0.29) is 5.84 Å². The predicted octanol–water partition coefficient (Wildman–Crippen LogP) is 2.42. The zero-order valence-electron chi connectivity index (χ0n) is 12.0. The molecule has 1 aliphatic rings. The van der Waals surface area contributed by atoms with Crippen LogP contribution in [0.3, 0.4) is 0 Å². The summed E-state index contributed by atoms with van der Waals surface area (Å²) in [5.41, 5.74) is 9.48. The Kier molecular flexibility index (Phi) is 3.78. The lowest BCUT2D eigenvalue weighted by atomic mass is 10.1. The lowest BCUT2D eigenvalue weighted by molar-refractivity contribution is 0.308. The quantitative estimate of drug-likeness (QED) is 0.396. The van der Waals surface area contributed by atoms with Crippen molar-refractivity contribution in [3.63, 3.8) is 0 Å². The van der Waals surface area contributed by atoms with Crippen molar-refractivity contribution in [1.82, 2.24) is 9.47 Å². The Morgan fingerprint density at radius 1 is 1.48 bits per heavy atom. The second-order valence-electron chi connectivity index (χ2n) is 5.57. The van der Waals surface area contributed by atoms with Crippen LogP contribution in [0.25, 0.3) is 10.9 Å². The monoisotopic (exact) mass is 306 g/mol. The molecule has 5 nitrogen and oxygen atoms in total. The molecule has 0 spiro atoms. The number of aryl methyl sites for hydroxylation is 1. The van der Waals surface area contributed by atoms with Crippen molar-refractivity contribution >= 4 is 28.3 Å². The third-order valence-electron chi connectivity index (χ3n) is 4.13. The molecule has 0 saturated heterocycles. The lowest BCUT2D eigenvalue weighted by Crippen LogP contribution is -2.27. The molecule has 0 aliphatic carbocycles. The predicted molar refractivity (Wildman–Crippen MR) is 85.0 cm³/mol. The van der Waals surface area contributed by atoms with E-state index in [9.17, 15) is 0 Å². The largest absolute Gasteiger partial charge is 0.409 e. The highest BCUT2D eigenvalue weighted by molar-refractivity contribution is 6.31. The van der Waals surface area contributed by atoms with Gasteiger partial charge in [0.15, 0.2) is 0 Å². The first-order valence-electron chi connectivity index (χ1n) is 7.04. The summed E-state index contributed by atoms with van der Waals surface area (Å²) >= 11 is 6.16. The Labute approximate surface area is 128 Å². The van der Waals surface area contributed by atoms with Gasteiger partial charge in [-0.2, -0.15) is 0 Å². The molecular weight excluding hydrogens is 288 g/mol. The summed E-state index contributed by atoms with van der Waals surface area (Å²) < 4.78 is 2.28. The molecule has 0 fully saturated rings. The van der Waals surface area contributed by atoms with Gasteiger partial charge in [0.2, 0.25) is 0 Å². The molecule has 2 aromatic rings. The third-order valence-corrected chi connectivity index (χ3v) is 4.36. The zero-order valence-corrected chi connectivity index (χ0v) is 12.8. The first-order chi connectivity index (χ1) is 10.1. The Balaban J connectivity index is 2.10. The molecule has 1 aromatic heterocycles. The Hall–Kier alpha value is -1.72. The summed E-state index contributed by atoms with van der Waals surface area (Å²) in [5.74, 6) is 0.257. The summed E-state index contributed by atoms with van der Waals surface area (Å²) in [6, 6.07) is 6.01. The van der Waals surface area contributed by atoms with Gasteiger partial charge in [-0.05, 0) is 30.8 Å². The van der Waals surface area contributed by atoms with Crippen molar-refractivity contribution in [3.05, 3.63) is 34.5 Å². The fourth-order valence-corrected chi connectivity index (χ4v) is 3.26. The van der Waals surface area contributed by atoms with Crippen molar-refractivity contribution in [3.8, 4) is 0 Å². The van der Waals surface area contributed by atoms with Gasteiger partial charge in [-0.25, -0.2) is 0 Å². The molecule has 0 radical (unpaired) electrons. The molecular formula is C15H19ClN4O. The standard InChI is InChI=1S/C15H19ClN4O/c1-19-6-4-14-12(9-19)11-8-10(16)2-3-13(11)20(14)7-5-15(17)18-21/h2-3,8,21H,4-7,9H2,1H3,(H2,17,18). The van der Waals surface area contributed by atoms with Gasteiger partial charge in [0.05, 0.1) is 0 Å². The fourth-order valence-electron chi connectivity index (χ4n) is 3.09. The molecule has 0 saturated carbocycles. The molecule has 0 bridgehead atoms. The summed E-state index contributed by atoms with van der Waals surface area (Å²) in [5, 5.41) is 13.7. The number of amidine groups is 1. The van der Waals surface area contributed by atoms with Crippen molar-refractivity contribution in [2.75, 3.05) is 13.6 Å². The van der Waals surface area contributed by atoms with E-state index in [0.717, 1.165) is 24.5 Å². The summed E-state index contributed by atoms with van der Waals surface area (Å²) in [6.07, 6.45) is 1.54. The van der Waals surface area contributed by atoms with Crippen LogP contribution >= 0.6 is 11.6 Å². The van der Waals surface area contributed by atoms with Crippen LogP contribution in [0.15, 0.2) is 23.4 Å². The van der Waals surface area contributed by atoms with E-state index >= 15 is 0 Å². The van der Waals surface area contributed by atoms with Gasteiger partial charge in [0.25, 0.3) is 0 Å². The SMILES string of the molecule is CN1CCc2c(c3cc(Cl)ccc3n2CC/C(N)=N/O)C1. The van der Waals surface area contributed by atoms with Crippen LogP contribution in [0.2, 0.25) is 5.02 Å². The minimum Gasteiger partial charge on any atom is -0.409 e. The van der Waals surface area contributed by atoms with Crippen LogP contribution in [0, 0.1) is 0 Å². The molecule has 112 valence electrons. The maximum atomic E-state index is 8.72. The summed E-state index contributed by atoms with van der Waals surface area (Å²) in [7, 11) is 2.13. The molecule has 2 heterocycles. The third kappa shape index (κ3) is 2.59. The average molecular weight is 307 g/mol. The molecule has 3 rings (SSSR count). The highest BCUT2D eigenvalue weighted by atomic mass is 35.5. The van der Waals surface area contributed by atoms with Gasteiger partial charge in [0, 0.05) is 54.1 Å². The van der Waals surface area contributed by atoms with E-state index < -0.39 is 0 Å². The molecule has 3 N–H and O–H groups in total. The number of hydrogen-bond acceptors (Lipinski definition) is 3. The number of nitrogens with two attached hydrogens (primary N) is 1. The van der Waals surface area contributed by atoms with Crippen LogP contribution in [0.5, 0.6) is 0 Å². The molecule has 1 aromatic carbocycles. The van der Waals surface area contributed by atoms with Crippen LogP contribution in [0.4, 0.5) is 0 Å². The number of fused-ring (bicyclic) bond motifs is 3. The van der Waals surface area contributed by atoms with Gasteiger partial charge in [-0.15, -0.1) is 0 Å². The highest BCUT2D eigenvalue weighted by Gasteiger charge is 2.22. The van der Waals surface area contributed by atoms with Crippen molar-refractivity contribution in [1.29, 1.82) is 0 Å². The second-order valence-corrected chi connectivity index (χ2v) is 6.00. The van der Waals surface area contributed by atoms with E-state index in [1.807, 2.05) is 12.1 Å². The molecule has 0 atom stereocenters. The smallest absolute Gasteiger partial charge is 0.140 e. The van der Waals surface area contributed by atoms with Gasteiger partial charge < -0.3 is 20.4 Å². The van der Waals surface area contributed by atoms with E-state index in [2.05, 4.69) is 27.7 Å². The number of hydrogen-bond donors (Lipinski definition) is 2. The van der Waals surface area contributed by atoms with Crippen molar-refractivity contribution in [2.24, 2.45) is 10.9 Å². The maximum absolute atomic E-state index is 8.72. The van der Waals surface area contributed by atoms with Crippen LogP contribution in [-0.4, -0.2) is 34.1 Å². The first kappa shape index (κ1) is 14.2. The molecule has 1 aliphatic heterocycles. The number of benzene rings is 1. The Bertz CT molecular complexity index is 707. The lowest BCUT2D eigenvalue weighted by Gasteiger charge is -2.24. The van der Waals surface area contributed by atoms with E-state index in [1.165, 1.54) is 22.2 Å². The van der Waals surface area contributed by atoms with E-state index in [0.29, 0.717) is 13.0 Å². The van der Waals surface area contributed by atoms with Gasteiger partial charge >= 0.3 is 0 Å². The van der Waals surface area contributed by atoms with E-state index in [4.69, 9.17) is 22.5 Å². The van der Waals surface area contributed by atoms with Crippen LogP contribution < -0.4 is 5.73 Å². The number of oxime groups is 1. The Morgan fingerprint density at radius 2 is 2.29 bits per heavy atom. The normalized spacial score (nSPS) is 16.4. The second kappa shape index (κ2) is 5.58. The van der Waals surface area contributed by atoms with Gasteiger partial charge in [0.1, 0.15) is 5.84 Å². The minimum absolute atomic E-state index is 0.257. The van der Waals surface area contributed by atoms with E-state index in [1.54, 1.807) is 0 Å². The summed E-state index contributed by atoms with van der Waals surface area (Å²) in [6.45, 7) is 2.69. The minimum atomic E-state index is 0.257. The number of rotatable bonds is 3. The fraction of sp³-hybridized carbons (Fsp3) is 0.400. The zero-order chi connectivity index (χ0) is 15.0. The molecule has 0 amide bonds. The topological polar surface area (TPSA) is 66.8 Å². The number of halogens is 1. The summed E-state index contributed by atoms with van der Waals surface area (Å²) in [4.78, 5) is 2.32. The molecule has 6 heteroatoms. The van der Waals surface area contributed by atoms with Gasteiger partial charge in [-0.1, -0.05) is 16.8 Å². The number of likely N-dealkylation sites (N-methyl/N-ethyl adjacent to an activating group) is 1. The molecule has 0 unspecified atom stereocenters. The average Bonchev–Trinajstić information content (AvgIpc) is 2.77. The Morgan fingerprint density at radius 3 is 3.05 bits per heavy atom. The number of aromatic nitrogens is 1. The van der Waals surface area contributed by atoms with Crippen molar-refractivity contribution in [2.45, 2.75) is 25.9 Å². The highest BCUT2D eigenvalue weighted by Crippen LogP contribution is 2.32. The maximum Gasteiger partial charge on any atom is 0.140 e. The number of nitrogens with zero attached hydrogens (tertiary/aromatic N) is 3. The van der Waals surface area contributed by atoms with Gasteiger partial charge in [-0.3, -0.25) is 0 Å². The molecule has 21 heavy (non-hydrogen) atoms.